The van der Waals surface area contributed by atoms with Crippen molar-refractivity contribution in [1.82, 2.24) is 4.98 Å². The molecule has 1 fully saturated rings. The van der Waals surface area contributed by atoms with Gasteiger partial charge in [0.2, 0.25) is 11.9 Å². The third kappa shape index (κ3) is 2.81. The summed E-state index contributed by atoms with van der Waals surface area (Å²) < 4.78 is 5.95. The minimum absolute atomic E-state index is 0.261. The molecule has 1 aliphatic heterocycles. The van der Waals surface area contributed by atoms with E-state index in [1.165, 1.54) is 6.42 Å². The number of para-hydroxylation sites is 1. The Hall–Kier alpha value is -2.57. The average molecular weight is 354 g/mol. The molecule has 26 heavy (non-hydrogen) atoms. The highest BCUT2D eigenvalue weighted by molar-refractivity contribution is 6.09. The number of anilines is 1. The van der Waals surface area contributed by atoms with Crippen LogP contribution in [-0.4, -0.2) is 22.6 Å². The summed E-state index contributed by atoms with van der Waals surface area (Å²) in [6.07, 6.45) is 8.20. The van der Waals surface area contributed by atoms with E-state index in [0.29, 0.717) is 5.96 Å². The Bertz CT molecular complexity index is 862. The van der Waals surface area contributed by atoms with Gasteiger partial charge >= 0.3 is 0 Å². The number of unbranched alkanes of at least 4 members (excludes halogenated alkanes) is 1. The Kier molecular flexibility index (Phi) is 4.30. The van der Waals surface area contributed by atoms with Crippen molar-refractivity contribution in [3.63, 3.8) is 0 Å². The number of hydrogen-bond acceptors (Lipinski definition) is 7. The molecule has 1 spiro atoms. The van der Waals surface area contributed by atoms with Crippen molar-refractivity contribution >= 4 is 28.7 Å². The van der Waals surface area contributed by atoms with Gasteiger partial charge in [0.15, 0.2) is 11.5 Å². The maximum absolute atomic E-state index is 6.34. The van der Waals surface area contributed by atoms with E-state index in [2.05, 4.69) is 11.9 Å². The van der Waals surface area contributed by atoms with Crippen LogP contribution in [0.2, 0.25) is 0 Å². The van der Waals surface area contributed by atoms with Crippen LogP contribution in [0, 0.1) is 0 Å². The lowest BCUT2D eigenvalue weighted by Gasteiger charge is -2.45. The number of aryl methyl sites for hydroxylation is 1. The summed E-state index contributed by atoms with van der Waals surface area (Å²) in [7, 11) is 0. The summed E-state index contributed by atoms with van der Waals surface area (Å²) in [6, 6.07) is 5.94. The second kappa shape index (κ2) is 6.63. The number of fused-ring (bicyclic) bond motifs is 1. The van der Waals surface area contributed by atoms with E-state index in [9.17, 15) is 0 Å². The maximum atomic E-state index is 6.34. The zero-order valence-corrected chi connectivity index (χ0v) is 15.2. The molecule has 138 valence electrons. The fourth-order valence-corrected chi connectivity index (χ4v) is 4.07. The van der Waals surface area contributed by atoms with Gasteiger partial charge in [0, 0.05) is 6.42 Å². The van der Waals surface area contributed by atoms with Crippen molar-refractivity contribution in [2.45, 2.75) is 64.0 Å². The normalized spacial score (nSPS) is 19.7. The second-order valence-electron chi connectivity index (χ2n) is 7.15. The lowest BCUT2D eigenvalue weighted by Crippen LogP contribution is -2.58. The number of nitrogens with zero attached hydrogens (tertiary/aromatic N) is 4. The minimum Gasteiger partial charge on any atom is -0.441 e. The largest absolute Gasteiger partial charge is 0.441 e. The van der Waals surface area contributed by atoms with Crippen molar-refractivity contribution in [3.05, 3.63) is 24.1 Å². The maximum Gasteiger partial charge on any atom is 0.220 e. The van der Waals surface area contributed by atoms with Crippen LogP contribution in [0.5, 0.6) is 0 Å². The molecule has 0 bridgehead atoms. The van der Waals surface area contributed by atoms with E-state index >= 15 is 0 Å². The molecule has 1 aromatic heterocycles. The number of aliphatic imine (C=N–C) groups is 2. The molecule has 4 rings (SSSR count). The van der Waals surface area contributed by atoms with Crippen LogP contribution in [0.1, 0.15) is 57.8 Å². The van der Waals surface area contributed by atoms with Gasteiger partial charge in [0.25, 0.3) is 0 Å². The Morgan fingerprint density at radius 2 is 2.00 bits per heavy atom. The van der Waals surface area contributed by atoms with Crippen LogP contribution in [0.15, 0.2) is 32.6 Å². The molecule has 0 saturated heterocycles. The van der Waals surface area contributed by atoms with E-state index < -0.39 is 5.66 Å². The first-order valence-corrected chi connectivity index (χ1v) is 9.51. The number of rotatable bonds is 4. The van der Waals surface area contributed by atoms with E-state index in [4.69, 9.17) is 25.9 Å². The van der Waals surface area contributed by atoms with Crippen molar-refractivity contribution < 1.29 is 4.42 Å². The SMILES string of the molecule is CCCCc1nc2c(N3C(N)=NC(N)=NC34CCCCC4)cccc2o1. The number of aromatic nitrogens is 1. The molecule has 1 aliphatic carbocycles. The van der Waals surface area contributed by atoms with Crippen LogP contribution in [0.25, 0.3) is 11.1 Å². The molecule has 7 heteroatoms. The number of oxazole rings is 1. The van der Waals surface area contributed by atoms with Gasteiger partial charge in [-0.15, -0.1) is 0 Å². The van der Waals surface area contributed by atoms with Gasteiger partial charge in [0.05, 0.1) is 5.69 Å². The highest BCUT2D eigenvalue weighted by Crippen LogP contribution is 2.41. The molecular weight excluding hydrogens is 328 g/mol. The first-order valence-electron chi connectivity index (χ1n) is 9.51. The van der Waals surface area contributed by atoms with Gasteiger partial charge in [-0.05, 0) is 44.2 Å². The van der Waals surface area contributed by atoms with E-state index in [1.54, 1.807) is 0 Å². The van der Waals surface area contributed by atoms with Gasteiger partial charge in [-0.1, -0.05) is 25.8 Å². The molecule has 1 saturated carbocycles. The van der Waals surface area contributed by atoms with Gasteiger partial charge in [-0.2, -0.15) is 4.99 Å². The first kappa shape index (κ1) is 16.9. The van der Waals surface area contributed by atoms with Gasteiger partial charge in [-0.25, -0.2) is 9.98 Å². The van der Waals surface area contributed by atoms with Gasteiger partial charge in [0.1, 0.15) is 11.2 Å². The monoisotopic (exact) mass is 354 g/mol. The summed E-state index contributed by atoms with van der Waals surface area (Å²) in [5.74, 6) is 1.41. The van der Waals surface area contributed by atoms with Crippen LogP contribution in [-0.2, 0) is 6.42 Å². The lowest BCUT2D eigenvalue weighted by molar-refractivity contribution is 0.306. The zero-order chi connectivity index (χ0) is 18.1. The summed E-state index contributed by atoms with van der Waals surface area (Å²) in [4.78, 5) is 15.8. The van der Waals surface area contributed by atoms with Crippen LogP contribution in [0.4, 0.5) is 5.69 Å². The summed E-state index contributed by atoms with van der Waals surface area (Å²) in [5, 5.41) is 0. The predicted molar refractivity (Wildman–Crippen MR) is 104 cm³/mol. The fraction of sp³-hybridized carbons (Fsp3) is 0.526. The molecule has 2 aliphatic rings. The molecular formula is C19H26N6O. The molecule has 2 heterocycles. The van der Waals surface area contributed by atoms with E-state index in [0.717, 1.165) is 67.6 Å². The van der Waals surface area contributed by atoms with Crippen molar-refractivity contribution in [1.29, 1.82) is 0 Å². The highest BCUT2D eigenvalue weighted by Gasteiger charge is 2.43. The highest BCUT2D eigenvalue weighted by atomic mass is 16.3. The number of benzene rings is 1. The Morgan fingerprint density at radius 1 is 1.19 bits per heavy atom. The number of hydrogen-bond donors (Lipinski definition) is 2. The summed E-state index contributed by atoms with van der Waals surface area (Å²) in [5.41, 5.74) is 14.3. The summed E-state index contributed by atoms with van der Waals surface area (Å²) in [6.45, 7) is 2.16. The zero-order valence-electron chi connectivity index (χ0n) is 15.2. The lowest BCUT2D eigenvalue weighted by atomic mass is 9.87. The molecule has 0 unspecified atom stereocenters. The number of guanidine groups is 2. The molecule has 0 radical (unpaired) electrons. The van der Waals surface area contributed by atoms with Crippen LogP contribution >= 0.6 is 0 Å². The van der Waals surface area contributed by atoms with Crippen molar-refractivity contribution in [3.8, 4) is 0 Å². The minimum atomic E-state index is -0.467. The predicted octanol–water partition coefficient (Wildman–Crippen LogP) is 3.28. The molecule has 4 N–H and O–H groups in total. The Morgan fingerprint density at radius 3 is 2.77 bits per heavy atom. The van der Waals surface area contributed by atoms with Gasteiger partial charge < -0.3 is 15.9 Å². The van der Waals surface area contributed by atoms with Crippen LogP contribution < -0.4 is 16.4 Å². The molecule has 1 aromatic carbocycles. The van der Waals surface area contributed by atoms with Crippen LogP contribution in [0.3, 0.4) is 0 Å². The van der Waals surface area contributed by atoms with Gasteiger partial charge in [-0.3, -0.25) is 4.90 Å². The number of nitrogens with two attached hydrogens (primary N) is 2. The standard InChI is InChI=1S/C19H26N6O/c1-2-3-10-15-22-16-13(8-7-9-14(16)26-15)25-18(21)23-17(20)24-19(25)11-5-4-6-12-19/h7-9H,2-6,10-12H2,1H3,(H4,20,21,23,24). The second-order valence-corrected chi connectivity index (χ2v) is 7.15. The smallest absolute Gasteiger partial charge is 0.220 e. The third-order valence-corrected chi connectivity index (χ3v) is 5.28. The fourth-order valence-electron chi connectivity index (χ4n) is 4.07. The van der Waals surface area contributed by atoms with Crippen molar-refractivity contribution in [2.24, 2.45) is 21.5 Å². The molecule has 0 atom stereocenters. The summed E-state index contributed by atoms with van der Waals surface area (Å²) >= 11 is 0. The van der Waals surface area contributed by atoms with E-state index in [1.807, 2.05) is 23.1 Å². The average Bonchev–Trinajstić information content (AvgIpc) is 3.03. The Labute approximate surface area is 153 Å². The van der Waals surface area contributed by atoms with Crippen molar-refractivity contribution in [2.75, 3.05) is 4.90 Å². The Balaban J connectivity index is 1.82. The topological polar surface area (TPSA) is 106 Å². The molecule has 7 nitrogen and oxygen atoms in total. The quantitative estimate of drug-likeness (QED) is 0.876. The third-order valence-electron chi connectivity index (χ3n) is 5.28. The first-order chi connectivity index (χ1) is 12.6. The molecule has 2 aromatic rings. The molecule has 0 amide bonds. The van der Waals surface area contributed by atoms with E-state index in [-0.39, 0.29) is 5.96 Å².